The number of hydrogen-bond donors (Lipinski definition) is 3. The zero-order valence-corrected chi connectivity index (χ0v) is 11.8. The van der Waals surface area contributed by atoms with Crippen LogP contribution in [0.3, 0.4) is 0 Å². The number of nitrogens with one attached hydrogen (secondary N) is 1. The topological polar surface area (TPSA) is 84.6 Å². The maximum absolute atomic E-state index is 11.6. The molecule has 5 heteroatoms. The number of amides is 1. The van der Waals surface area contributed by atoms with Crippen molar-refractivity contribution in [2.75, 3.05) is 13.2 Å². The lowest BCUT2D eigenvalue weighted by molar-refractivity contribution is 0.00469. The van der Waals surface area contributed by atoms with Crippen molar-refractivity contribution in [1.82, 2.24) is 5.32 Å². The number of carbonyl (C=O) groups is 1. The number of carbonyl (C=O) groups excluding carboxylic acids is 1. The second-order valence-electron chi connectivity index (χ2n) is 5.05. The van der Waals surface area contributed by atoms with Gasteiger partial charge in [0.2, 0.25) is 0 Å². The van der Waals surface area contributed by atoms with Gasteiger partial charge in [0.15, 0.2) is 0 Å². The van der Waals surface area contributed by atoms with E-state index < -0.39 is 11.7 Å². The number of aliphatic hydroxyl groups is 1. The van der Waals surface area contributed by atoms with Gasteiger partial charge in [0.05, 0.1) is 5.60 Å². The Balaban J connectivity index is 2.32. The summed E-state index contributed by atoms with van der Waals surface area (Å²) in [6.45, 7) is 3.93. The normalized spacial score (nSPS) is 18.8. The molecule has 0 aromatic heterocycles. The number of rotatable bonds is 6. The van der Waals surface area contributed by atoms with E-state index >= 15 is 0 Å². The number of alkyl carbamates (subject to hydrolysis) is 1. The molecule has 0 heterocycles. The van der Waals surface area contributed by atoms with Crippen LogP contribution in [0.2, 0.25) is 0 Å². The van der Waals surface area contributed by atoms with Crippen LogP contribution in [-0.4, -0.2) is 30.0 Å². The summed E-state index contributed by atoms with van der Waals surface area (Å²) in [5.74, 6) is 0. The van der Waals surface area contributed by atoms with Crippen LogP contribution in [0, 0.1) is 0 Å². The van der Waals surface area contributed by atoms with Crippen LogP contribution in [0.4, 0.5) is 4.79 Å². The van der Waals surface area contributed by atoms with Crippen LogP contribution in [0.1, 0.15) is 32.1 Å². The summed E-state index contributed by atoms with van der Waals surface area (Å²) < 4.78 is 5.06. The van der Waals surface area contributed by atoms with Crippen LogP contribution >= 0.6 is 0 Å². The Morgan fingerprint density at radius 2 is 2.10 bits per heavy atom. The average molecular weight is 280 g/mol. The third kappa shape index (κ3) is 5.93. The fraction of sp³-hybridized carbons (Fsp3) is 0.533. The fourth-order valence-electron chi connectivity index (χ4n) is 2.25. The Morgan fingerprint density at radius 1 is 1.40 bits per heavy atom. The minimum Gasteiger partial charge on any atom is -0.445 e. The highest BCUT2D eigenvalue weighted by molar-refractivity contribution is 5.67. The first kappa shape index (κ1) is 16.3. The molecule has 0 unspecified atom stereocenters. The van der Waals surface area contributed by atoms with Crippen LogP contribution in [-0.2, 0) is 4.74 Å². The van der Waals surface area contributed by atoms with Gasteiger partial charge in [-0.15, -0.1) is 0 Å². The average Bonchev–Trinajstić information content (AvgIpc) is 2.44. The lowest BCUT2D eigenvalue weighted by atomic mass is 9.85. The van der Waals surface area contributed by atoms with Crippen molar-refractivity contribution in [2.24, 2.45) is 5.73 Å². The SMILES string of the molecule is C=C/C=C(\C=C/N)COC(=O)NCC1(O)CCCCC1. The molecule has 0 aliphatic heterocycles. The Labute approximate surface area is 120 Å². The van der Waals surface area contributed by atoms with Crippen molar-refractivity contribution in [2.45, 2.75) is 37.7 Å². The van der Waals surface area contributed by atoms with E-state index in [1.807, 2.05) is 0 Å². The van der Waals surface area contributed by atoms with E-state index in [2.05, 4.69) is 11.9 Å². The van der Waals surface area contributed by atoms with Gasteiger partial charge in [-0.2, -0.15) is 0 Å². The molecule has 0 saturated heterocycles. The lowest BCUT2D eigenvalue weighted by Crippen LogP contribution is -2.44. The third-order valence-corrected chi connectivity index (χ3v) is 3.36. The van der Waals surface area contributed by atoms with Crippen molar-refractivity contribution in [3.8, 4) is 0 Å². The Hall–Kier alpha value is -1.75. The molecule has 0 atom stereocenters. The summed E-state index contributed by atoms with van der Waals surface area (Å²) in [5.41, 5.74) is 5.26. The van der Waals surface area contributed by atoms with Gasteiger partial charge in [0.1, 0.15) is 6.61 Å². The lowest BCUT2D eigenvalue weighted by Gasteiger charge is -2.31. The van der Waals surface area contributed by atoms with Gasteiger partial charge in [-0.05, 0) is 30.7 Å². The number of ether oxygens (including phenoxy) is 1. The maximum Gasteiger partial charge on any atom is 0.407 e. The molecule has 20 heavy (non-hydrogen) atoms. The highest BCUT2D eigenvalue weighted by Gasteiger charge is 2.29. The molecular weight excluding hydrogens is 256 g/mol. The first-order valence-corrected chi connectivity index (χ1v) is 6.92. The van der Waals surface area contributed by atoms with Crippen molar-refractivity contribution in [1.29, 1.82) is 0 Å². The molecule has 0 radical (unpaired) electrons. The first-order chi connectivity index (χ1) is 9.59. The largest absolute Gasteiger partial charge is 0.445 e. The number of nitrogens with two attached hydrogens (primary N) is 1. The van der Waals surface area contributed by atoms with Crippen molar-refractivity contribution in [3.05, 3.63) is 36.6 Å². The predicted molar refractivity (Wildman–Crippen MR) is 79.0 cm³/mol. The molecule has 4 N–H and O–H groups in total. The van der Waals surface area contributed by atoms with Crippen LogP contribution < -0.4 is 11.1 Å². The smallest absolute Gasteiger partial charge is 0.407 e. The van der Waals surface area contributed by atoms with E-state index in [0.29, 0.717) is 0 Å². The molecule has 1 amide bonds. The summed E-state index contributed by atoms with van der Waals surface area (Å²) in [6, 6.07) is 0. The van der Waals surface area contributed by atoms with Gasteiger partial charge in [0, 0.05) is 6.54 Å². The third-order valence-electron chi connectivity index (χ3n) is 3.36. The first-order valence-electron chi connectivity index (χ1n) is 6.92. The Kier molecular flexibility index (Phi) is 6.87. The van der Waals surface area contributed by atoms with Gasteiger partial charge in [-0.3, -0.25) is 0 Å². The fourth-order valence-corrected chi connectivity index (χ4v) is 2.25. The van der Waals surface area contributed by atoms with E-state index in [-0.39, 0.29) is 13.2 Å². The van der Waals surface area contributed by atoms with E-state index in [1.165, 1.54) is 6.20 Å². The van der Waals surface area contributed by atoms with E-state index in [0.717, 1.165) is 37.7 Å². The molecule has 112 valence electrons. The molecule has 1 fully saturated rings. The summed E-state index contributed by atoms with van der Waals surface area (Å²) in [5, 5.41) is 12.9. The molecule has 5 nitrogen and oxygen atoms in total. The molecular formula is C15H24N2O3. The quantitative estimate of drug-likeness (QED) is 0.650. The van der Waals surface area contributed by atoms with Gasteiger partial charge in [-0.25, -0.2) is 4.79 Å². The van der Waals surface area contributed by atoms with E-state index in [4.69, 9.17) is 10.5 Å². The van der Waals surface area contributed by atoms with Crippen LogP contribution in [0.15, 0.2) is 36.6 Å². The highest BCUT2D eigenvalue weighted by Crippen LogP contribution is 2.27. The maximum atomic E-state index is 11.6. The Morgan fingerprint density at radius 3 is 2.70 bits per heavy atom. The minimum absolute atomic E-state index is 0.115. The number of allylic oxidation sites excluding steroid dienone is 2. The standard InChI is InChI=1S/C15H24N2O3/c1-2-6-13(7-10-16)11-20-14(18)17-12-15(19)8-4-3-5-9-15/h2,6-7,10,19H,1,3-5,8-9,11-12,16H2,(H,17,18)/b10-7-,13-6+. The molecule has 0 aromatic carbocycles. The Bertz CT molecular complexity index is 383. The van der Waals surface area contributed by atoms with Crippen molar-refractivity contribution < 1.29 is 14.6 Å². The molecule has 1 aliphatic rings. The molecule has 0 aromatic rings. The summed E-state index contributed by atoms with van der Waals surface area (Å²) in [6.07, 6.45) is 10.4. The van der Waals surface area contributed by atoms with Gasteiger partial charge in [0.25, 0.3) is 0 Å². The van der Waals surface area contributed by atoms with Crippen LogP contribution in [0.5, 0.6) is 0 Å². The summed E-state index contributed by atoms with van der Waals surface area (Å²) in [7, 11) is 0. The molecule has 1 rings (SSSR count). The van der Waals surface area contributed by atoms with Crippen LogP contribution in [0.25, 0.3) is 0 Å². The van der Waals surface area contributed by atoms with Gasteiger partial charge < -0.3 is 20.9 Å². The van der Waals surface area contributed by atoms with Crippen molar-refractivity contribution >= 4 is 6.09 Å². The summed E-state index contributed by atoms with van der Waals surface area (Å²) >= 11 is 0. The molecule has 0 spiro atoms. The second-order valence-corrected chi connectivity index (χ2v) is 5.05. The second kappa shape index (κ2) is 8.43. The van der Waals surface area contributed by atoms with Crippen molar-refractivity contribution in [3.63, 3.8) is 0 Å². The highest BCUT2D eigenvalue weighted by atomic mass is 16.5. The van der Waals surface area contributed by atoms with E-state index in [1.54, 1.807) is 18.2 Å². The van der Waals surface area contributed by atoms with Gasteiger partial charge in [-0.1, -0.05) is 38.0 Å². The molecule has 0 bridgehead atoms. The zero-order valence-electron chi connectivity index (χ0n) is 11.8. The predicted octanol–water partition coefficient (Wildman–Crippen LogP) is 1.99. The summed E-state index contributed by atoms with van der Waals surface area (Å²) in [4.78, 5) is 11.6. The monoisotopic (exact) mass is 280 g/mol. The van der Waals surface area contributed by atoms with E-state index in [9.17, 15) is 9.90 Å². The molecule has 1 saturated carbocycles. The molecule has 1 aliphatic carbocycles. The zero-order chi connectivity index (χ0) is 14.8. The number of hydrogen-bond acceptors (Lipinski definition) is 4. The van der Waals surface area contributed by atoms with Gasteiger partial charge >= 0.3 is 6.09 Å². The minimum atomic E-state index is -0.784.